The Morgan fingerprint density at radius 2 is 1.86 bits per heavy atom. The van der Waals surface area contributed by atoms with E-state index in [0.717, 1.165) is 48.7 Å². The molecular formula is C21H28N6O. The zero-order valence-electron chi connectivity index (χ0n) is 16.2. The van der Waals surface area contributed by atoms with Crippen LogP contribution in [0.4, 0.5) is 5.69 Å². The summed E-state index contributed by atoms with van der Waals surface area (Å²) in [5.41, 5.74) is 8.39. The van der Waals surface area contributed by atoms with Crippen LogP contribution in [-0.2, 0) is 17.8 Å². The monoisotopic (exact) mass is 380 g/mol. The molecule has 0 spiro atoms. The zero-order chi connectivity index (χ0) is 18.9. The highest BCUT2D eigenvalue weighted by Crippen LogP contribution is 2.31. The minimum absolute atomic E-state index is 0.0472. The van der Waals surface area contributed by atoms with Gasteiger partial charge in [0.05, 0.1) is 0 Å². The van der Waals surface area contributed by atoms with Gasteiger partial charge in [0, 0.05) is 36.2 Å². The van der Waals surface area contributed by atoms with E-state index >= 15 is 0 Å². The van der Waals surface area contributed by atoms with Crippen LogP contribution in [0.25, 0.3) is 11.4 Å². The number of hydrogen-bond acceptors (Lipinski definition) is 5. The van der Waals surface area contributed by atoms with E-state index in [9.17, 15) is 4.79 Å². The maximum absolute atomic E-state index is 12.8. The SMILES string of the molecule is O=C(Nc1ccc(-c2nnc3n2CCCCC3)cc1)C1NNC2CCCCC21. The summed E-state index contributed by atoms with van der Waals surface area (Å²) in [6.07, 6.45) is 9.35. The summed E-state index contributed by atoms with van der Waals surface area (Å²) in [4.78, 5) is 12.8. The minimum atomic E-state index is -0.155. The van der Waals surface area contributed by atoms with Crippen LogP contribution < -0.4 is 16.2 Å². The molecule has 148 valence electrons. The second-order valence-electron chi connectivity index (χ2n) is 8.29. The predicted octanol–water partition coefficient (Wildman–Crippen LogP) is 2.65. The van der Waals surface area contributed by atoms with Gasteiger partial charge in [0.1, 0.15) is 11.9 Å². The fourth-order valence-electron chi connectivity index (χ4n) is 4.92. The van der Waals surface area contributed by atoms with Crippen LogP contribution in [0, 0.1) is 5.92 Å². The van der Waals surface area contributed by atoms with E-state index in [-0.39, 0.29) is 11.9 Å². The lowest BCUT2D eigenvalue weighted by molar-refractivity contribution is -0.118. The molecule has 0 bridgehead atoms. The van der Waals surface area contributed by atoms with Crippen molar-refractivity contribution in [2.45, 2.75) is 70.0 Å². The first-order valence-electron chi connectivity index (χ1n) is 10.6. The van der Waals surface area contributed by atoms with Gasteiger partial charge in [-0.25, -0.2) is 5.43 Å². The molecule has 3 atom stereocenters. The third-order valence-electron chi connectivity index (χ3n) is 6.47. The molecule has 3 N–H and O–H groups in total. The molecule has 3 heterocycles. The van der Waals surface area contributed by atoms with Crippen molar-refractivity contribution < 1.29 is 4.79 Å². The first kappa shape index (κ1) is 17.8. The van der Waals surface area contributed by atoms with E-state index in [2.05, 4.69) is 30.9 Å². The molecule has 2 aliphatic heterocycles. The average Bonchev–Trinajstić information content (AvgIpc) is 3.26. The maximum atomic E-state index is 12.8. The smallest absolute Gasteiger partial charge is 0.243 e. The number of fused-ring (bicyclic) bond motifs is 2. The molecule has 3 aliphatic rings. The molecule has 1 amide bonds. The molecule has 1 aliphatic carbocycles. The molecular weight excluding hydrogens is 352 g/mol. The third-order valence-corrected chi connectivity index (χ3v) is 6.47. The van der Waals surface area contributed by atoms with Crippen LogP contribution in [0.5, 0.6) is 0 Å². The van der Waals surface area contributed by atoms with Gasteiger partial charge >= 0.3 is 0 Å². The number of hydrogen-bond donors (Lipinski definition) is 3. The highest BCUT2D eigenvalue weighted by molar-refractivity contribution is 5.95. The fourth-order valence-corrected chi connectivity index (χ4v) is 4.92. The number of anilines is 1. The summed E-state index contributed by atoms with van der Waals surface area (Å²) >= 11 is 0. The van der Waals surface area contributed by atoms with Crippen molar-refractivity contribution >= 4 is 11.6 Å². The van der Waals surface area contributed by atoms with Gasteiger partial charge in [-0.2, -0.15) is 0 Å². The van der Waals surface area contributed by atoms with Crippen molar-refractivity contribution in [3.05, 3.63) is 30.1 Å². The Morgan fingerprint density at radius 1 is 1.00 bits per heavy atom. The van der Waals surface area contributed by atoms with Crippen molar-refractivity contribution in [1.82, 2.24) is 25.6 Å². The number of benzene rings is 1. The predicted molar refractivity (Wildman–Crippen MR) is 107 cm³/mol. The highest BCUT2D eigenvalue weighted by Gasteiger charge is 2.40. The summed E-state index contributed by atoms with van der Waals surface area (Å²) in [7, 11) is 0. The molecule has 5 rings (SSSR count). The van der Waals surface area contributed by atoms with Crippen molar-refractivity contribution in [3.63, 3.8) is 0 Å². The Labute approximate surface area is 165 Å². The molecule has 0 radical (unpaired) electrons. The Kier molecular flexibility index (Phi) is 4.86. The molecule has 28 heavy (non-hydrogen) atoms. The summed E-state index contributed by atoms with van der Waals surface area (Å²) in [5, 5.41) is 11.9. The summed E-state index contributed by atoms with van der Waals surface area (Å²) in [6, 6.07) is 8.26. The number of rotatable bonds is 3. The third kappa shape index (κ3) is 3.33. The standard InChI is InChI=1S/C21H28N6O/c28-21(19-16-6-3-4-7-17(16)23-25-19)22-15-11-9-14(10-12-15)20-26-24-18-8-2-1-5-13-27(18)20/h9-12,16-17,19,23,25H,1-8,13H2,(H,22,28). The second kappa shape index (κ2) is 7.64. The molecule has 2 fully saturated rings. The van der Waals surface area contributed by atoms with Gasteiger partial charge in [-0.1, -0.05) is 19.3 Å². The normalized spacial score (nSPS) is 26.9. The van der Waals surface area contributed by atoms with E-state index in [4.69, 9.17) is 0 Å². The molecule has 1 saturated carbocycles. The lowest BCUT2D eigenvalue weighted by atomic mass is 9.81. The number of amides is 1. The van der Waals surface area contributed by atoms with Crippen LogP contribution in [-0.4, -0.2) is 32.8 Å². The van der Waals surface area contributed by atoms with Crippen molar-refractivity contribution in [1.29, 1.82) is 0 Å². The van der Waals surface area contributed by atoms with Crippen LogP contribution >= 0.6 is 0 Å². The number of carbonyl (C=O) groups excluding carboxylic acids is 1. The molecule has 1 aromatic heterocycles. The van der Waals surface area contributed by atoms with Crippen molar-refractivity contribution in [2.75, 3.05) is 5.32 Å². The Balaban J connectivity index is 1.28. The first-order valence-corrected chi connectivity index (χ1v) is 10.6. The van der Waals surface area contributed by atoms with E-state index in [1.54, 1.807) is 0 Å². The van der Waals surface area contributed by atoms with Gasteiger partial charge in [0.2, 0.25) is 5.91 Å². The van der Waals surface area contributed by atoms with Crippen LogP contribution in [0.1, 0.15) is 50.8 Å². The molecule has 3 unspecified atom stereocenters. The quantitative estimate of drug-likeness (QED) is 0.762. The number of aryl methyl sites for hydroxylation is 1. The van der Waals surface area contributed by atoms with Crippen LogP contribution in [0.3, 0.4) is 0 Å². The molecule has 1 saturated heterocycles. The zero-order valence-corrected chi connectivity index (χ0v) is 16.2. The molecule has 7 heteroatoms. The summed E-state index contributed by atoms with van der Waals surface area (Å²) < 4.78 is 2.25. The maximum Gasteiger partial charge on any atom is 0.243 e. The largest absolute Gasteiger partial charge is 0.325 e. The number of hydrazine groups is 1. The van der Waals surface area contributed by atoms with E-state index in [1.807, 2.05) is 24.3 Å². The lowest BCUT2D eigenvalue weighted by Gasteiger charge is -2.26. The van der Waals surface area contributed by atoms with Gasteiger partial charge in [-0.15, -0.1) is 10.2 Å². The molecule has 1 aromatic carbocycles. The van der Waals surface area contributed by atoms with Gasteiger partial charge in [-0.05, 0) is 49.9 Å². The van der Waals surface area contributed by atoms with Gasteiger partial charge < -0.3 is 9.88 Å². The van der Waals surface area contributed by atoms with Gasteiger partial charge in [0.15, 0.2) is 5.82 Å². The molecule has 2 aromatic rings. The van der Waals surface area contributed by atoms with E-state index in [1.165, 1.54) is 32.1 Å². The average molecular weight is 380 g/mol. The van der Waals surface area contributed by atoms with Gasteiger partial charge in [0.25, 0.3) is 0 Å². The highest BCUT2D eigenvalue weighted by atomic mass is 16.2. The van der Waals surface area contributed by atoms with Gasteiger partial charge in [-0.3, -0.25) is 10.2 Å². The second-order valence-corrected chi connectivity index (χ2v) is 8.29. The molecule has 7 nitrogen and oxygen atoms in total. The number of nitrogens with zero attached hydrogens (tertiary/aromatic N) is 3. The number of nitrogens with one attached hydrogen (secondary N) is 3. The lowest BCUT2D eigenvalue weighted by Crippen LogP contribution is -2.42. The number of carbonyl (C=O) groups is 1. The first-order chi connectivity index (χ1) is 13.8. The van der Waals surface area contributed by atoms with E-state index < -0.39 is 0 Å². The van der Waals surface area contributed by atoms with E-state index in [0.29, 0.717) is 12.0 Å². The van der Waals surface area contributed by atoms with Crippen molar-refractivity contribution in [3.8, 4) is 11.4 Å². The van der Waals surface area contributed by atoms with Crippen LogP contribution in [0.15, 0.2) is 24.3 Å². The fraction of sp³-hybridized carbons (Fsp3) is 0.571. The minimum Gasteiger partial charge on any atom is -0.325 e. The topological polar surface area (TPSA) is 83.9 Å². The van der Waals surface area contributed by atoms with Crippen molar-refractivity contribution in [2.24, 2.45) is 5.92 Å². The Bertz CT molecular complexity index is 845. The summed E-state index contributed by atoms with van der Waals surface area (Å²) in [6.45, 7) is 0.985. The Morgan fingerprint density at radius 3 is 2.75 bits per heavy atom. The number of aromatic nitrogens is 3. The Hall–Kier alpha value is -2.25. The van der Waals surface area contributed by atoms with Crippen LogP contribution in [0.2, 0.25) is 0 Å². The summed E-state index contributed by atoms with van der Waals surface area (Å²) in [5.74, 6) is 2.46.